The molecule has 0 fully saturated rings. The van der Waals surface area contributed by atoms with E-state index in [4.69, 9.17) is 4.74 Å². The molecule has 1 aromatic carbocycles. The van der Waals surface area contributed by atoms with Crippen LogP contribution < -0.4 is 10.1 Å². The first kappa shape index (κ1) is 11.7. The van der Waals surface area contributed by atoms with Crippen molar-refractivity contribution >= 4 is 5.78 Å². The molecular formula is C12H17NO2. The van der Waals surface area contributed by atoms with E-state index in [1.54, 1.807) is 31.4 Å². The van der Waals surface area contributed by atoms with Crippen LogP contribution in [0.5, 0.6) is 5.75 Å². The molecule has 0 aliphatic rings. The third-order valence-corrected chi connectivity index (χ3v) is 2.08. The zero-order valence-corrected chi connectivity index (χ0v) is 9.41. The van der Waals surface area contributed by atoms with E-state index in [2.05, 4.69) is 5.32 Å². The van der Waals surface area contributed by atoms with Crippen molar-refractivity contribution in [2.45, 2.75) is 19.9 Å². The van der Waals surface area contributed by atoms with E-state index in [1.807, 2.05) is 13.8 Å². The largest absolute Gasteiger partial charge is 0.497 e. The van der Waals surface area contributed by atoms with Gasteiger partial charge in [0, 0.05) is 11.6 Å². The second-order valence-corrected chi connectivity index (χ2v) is 3.69. The van der Waals surface area contributed by atoms with Crippen LogP contribution in [-0.2, 0) is 0 Å². The van der Waals surface area contributed by atoms with Gasteiger partial charge < -0.3 is 10.1 Å². The summed E-state index contributed by atoms with van der Waals surface area (Å²) in [7, 11) is 1.61. The molecule has 0 aromatic heterocycles. The van der Waals surface area contributed by atoms with Crippen molar-refractivity contribution in [1.29, 1.82) is 0 Å². The minimum absolute atomic E-state index is 0.103. The van der Waals surface area contributed by atoms with Crippen molar-refractivity contribution < 1.29 is 9.53 Å². The summed E-state index contributed by atoms with van der Waals surface area (Å²) in [4.78, 5) is 11.6. The Morgan fingerprint density at radius 1 is 1.33 bits per heavy atom. The predicted octanol–water partition coefficient (Wildman–Crippen LogP) is 1.88. The van der Waals surface area contributed by atoms with Gasteiger partial charge in [0.2, 0.25) is 0 Å². The number of rotatable bonds is 5. The first-order chi connectivity index (χ1) is 7.13. The molecule has 0 atom stereocenters. The fourth-order valence-corrected chi connectivity index (χ4v) is 1.18. The third-order valence-electron chi connectivity index (χ3n) is 2.08. The van der Waals surface area contributed by atoms with Gasteiger partial charge in [-0.25, -0.2) is 0 Å². The second kappa shape index (κ2) is 5.51. The molecule has 82 valence electrons. The molecule has 0 aliphatic heterocycles. The van der Waals surface area contributed by atoms with Crippen LogP contribution in [0, 0.1) is 0 Å². The van der Waals surface area contributed by atoms with E-state index < -0.39 is 0 Å². The number of benzene rings is 1. The number of carbonyl (C=O) groups is 1. The Labute approximate surface area is 90.4 Å². The fraction of sp³-hybridized carbons (Fsp3) is 0.417. The number of nitrogens with one attached hydrogen (secondary N) is 1. The van der Waals surface area contributed by atoms with Crippen molar-refractivity contribution in [3.05, 3.63) is 29.8 Å². The van der Waals surface area contributed by atoms with Crippen LogP contribution in [-0.4, -0.2) is 25.5 Å². The minimum Gasteiger partial charge on any atom is -0.497 e. The van der Waals surface area contributed by atoms with Gasteiger partial charge in [-0.1, -0.05) is 13.8 Å². The maximum Gasteiger partial charge on any atom is 0.176 e. The molecule has 1 aromatic rings. The number of methoxy groups -OCH3 is 1. The predicted molar refractivity (Wildman–Crippen MR) is 60.5 cm³/mol. The third kappa shape index (κ3) is 3.72. The molecule has 0 bridgehead atoms. The second-order valence-electron chi connectivity index (χ2n) is 3.69. The molecule has 0 saturated carbocycles. The van der Waals surface area contributed by atoms with Crippen molar-refractivity contribution in [1.82, 2.24) is 5.32 Å². The van der Waals surface area contributed by atoms with Gasteiger partial charge in [0.1, 0.15) is 5.75 Å². The molecule has 15 heavy (non-hydrogen) atoms. The smallest absolute Gasteiger partial charge is 0.176 e. The molecule has 0 radical (unpaired) electrons. The normalized spacial score (nSPS) is 10.4. The Morgan fingerprint density at radius 2 is 1.93 bits per heavy atom. The summed E-state index contributed by atoms with van der Waals surface area (Å²) >= 11 is 0. The monoisotopic (exact) mass is 207 g/mol. The van der Waals surface area contributed by atoms with E-state index in [1.165, 1.54) is 0 Å². The molecule has 3 nitrogen and oxygen atoms in total. The Morgan fingerprint density at radius 3 is 2.40 bits per heavy atom. The molecule has 0 saturated heterocycles. The summed E-state index contributed by atoms with van der Waals surface area (Å²) in [6.07, 6.45) is 0. The molecule has 1 rings (SSSR count). The molecular weight excluding hydrogens is 190 g/mol. The van der Waals surface area contributed by atoms with Crippen molar-refractivity contribution in [2.24, 2.45) is 0 Å². The van der Waals surface area contributed by atoms with E-state index in [0.717, 1.165) is 5.75 Å². The highest BCUT2D eigenvalue weighted by atomic mass is 16.5. The maximum atomic E-state index is 11.6. The maximum absolute atomic E-state index is 11.6. The summed E-state index contributed by atoms with van der Waals surface area (Å²) < 4.78 is 5.02. The average Bonchev–Trinajstić information content (AvgIpc) is 2.26. The summed E-state index contributed by atoms with van der Waals surface area (Å²) in [5.41, 5.74) is 0.712. The first-order valence-electron chi connectivity index (χ1n) is 5.04. The van der Waals surface area contributed by atoms with E-state index in [9.17, 15) is 4.79 Å². The van der Waals surface area contributed by atoms with Crippen LogP contribution in [0.3, 0.4) is 0 Å². The Balaban J connectivity index is 2.58. The van der Waals surface area contributed by atoms with E-state index >= 15 is 0 Å². The lowest BCUT2D eigenvalue weighted by molar-refractivity contribution is 0.0988. The van der Waals surface area contributed by atoms with Gasteiger partial charge >= 0.3 is 0 Å². The van der Waals surface area contributed by atoms with Crippen molar-refractivity contribution in [3.63, 3.8) is 0 Å². The number of hydrogen-bond acceptors (Lipinski definition) is 3. The zero-order chi connectivity index (χ0) is 11.3. The fourth-order valence-electron chi connectivity index (χ4n) is 1.18. The van der Waals surface area contributed by atoms with Gasteiger partial charge in [-0.2, -0.15) is 0 Å². The van der Waals surface area contributed by atoms with Gasteiger partial charge in [0.25, 0.3) is 0 Å². The summed E-state index contributed by atoms with van der Waals surface area (Å²) in [6, 6.07) is 7.48. The van der Waals surface area contributed by atoms with Gasteiger partial charge in [0.15, 0.2) is 5.78 Å². The highest BCUT2D eigenvalue weighted by molar-refractivity contribution is 5.97. The Hall–Kier alpha value is -1.35. The van der Waals surface area contributed by atoms with Crippen LogP contribution in [0.25, 0.3) is 0 Å². The summed E-state index contributed by atoms with van der Waals surface area (Å²) in [5.74, 6) is 0.870. The van der Waals surface area contributed by atoms with Crippen molar-refractivity contribution in [3.8, 4) is 5.75 Å². The number of carbonyl (C=O) groups excluding carboxylic acids is 1. The summed E-state index contributed by atoms with van der Waals surface area (Å²) in [5, 5.41) is 3.09. The molecule has 0 heterocycles. The van der Waals surface area contributed by atoms with Gasteiger partial charge in [-0.05, 0) is 24.3 Å². The van der Waals surface area contributed by atoms with Crippen molar-refractivity contribution in [2.75, 3.05) is 13.7 Å². The highest BCUT2D eigenvalue weighted by Crippen LogP contribution is 2.11. The highest BCUT2D eigenvalue weighted by Gasteiger charge is 2.05. The van der Waals surface area contributed by atoms with Crippen LogP contribution in [0.1, 0.15) is 24.2 Å². The topological polar surface area (TPSA) is 38.3 Å². The minimum atomic E-state index is 0.103. The lowest BCUT2D eigenvalue weighted by Gasteiger charge is -2.07. The van der Waals surface area contributed by atoms with Gasteiger partial charge in [-0.3, -0.25) is 4.79 Å². The van der Waals surface area contributed by atoms with E-state index in [0.29, 0.717) is 18.2 Å². The molecule has 0 aliphatic carbocycles. The van der Waals surface area contributed by atoms with Gasteiger partial charge in [-0.15, -0.1) is 0 Å². The zero-order valence-electron chi connectivity index (χ0n) is 9.41. The van der Waals surface area contributed by atoms with Crippen LogP contribution in [0.15, 0.2) is 24.3 Å². The van der Waals surface area contributed by atoms with Crippen LogP contribution >= 0.6 is 0 Å². The average molecular weight is 207 g/mol. The lowest BCUT2D eigenvalue weighted by Crippen LogP contribution is -2.29. The summed E-state index contributed by atoms with van der Waals surface area (Å²) in [6.45, 7) is 4.41. The van der Waals surface area contributed by atoms with Crippen LogP contribution in [0.4, 0.5) is 0 Å². The SMILES string of the molecule is COc1ccc(C(=O)CNC(C)C)cc1. The van der Waals surface area contributed by atoms with Gasteiger partial charge in [0.05, 0.1) is 13.7 Å². The van der Waals surface area contributed by atoms with E-state index in [-0.39, 0.29) is 5.78 Å². The number of Topliss-reactive ketones (excluding diaryl/α,β-unsaturated/α-hetero) is 1. The Bertz CT molecular complexity index is 317. The lowest BCUT2D eigenvalue weighted by atomic mass is 10.1. The quantitative estimate of drug-likeness (QED) is 0.749. The standard InChI is InChI=1S/C12H17NO2/c1-9(2)13-8-12(14)10-4-6-11(15-3)7-5-10/h4-7,9,13H,8H2,1-3H3. The number of ether oxygens (including phenoxy) is 1. The molecule has 1 N–H and O–H groups in total. The molecule has 0 unspecified atom stereocenters. The molecule has 3 heteroatoms. The first-order valence-corrected chi connectivity index (χ1v) is 5.04. The Kier molecular flexibility index (Phi) is 4.31. The molecule has 0 amide bonds. The molecule has 0 spiro atoms. The number of hydrogen-bond donors (Lipinski definition) is 1. The number of ketones is 1. The van der Waals surface area contributed by atoms with Crippen LogP contribution in [0.2, 0.25) is 0 Å².